The third-order valence-electron chi connectivity index (χ3n) is 3.35. The molecule has 0 aliphatic carbocycles. The topological polar surface area (TPSA) is 58.2 Å². The van der Waals surface area contributed by atoms with E-state index in [0.29, 0.717) is 12.1 Å². The zero-order valence-electron chi connectivity index (χ0n) is 13.2. The Bertz CT molecular complexity index is 443. The number of rotatable bonds is 8. The van der Waals surface area contributed by atoms with Crippen molar-refractivity contribution in [2.24, 2.45) is 5.92 Å². The van der Waals surface area contributed by atoms with Crippen molar-refractivity contribution in [2.45, 2.75) is 46.1 Å². The summed E-state index contributed by atoms with van der Waals surface area (Å²) in [4.78, 5) is 24.3. The summed E-state index contributed by atoms with van der Waals surface area (Å²) in [6.07, 6.45) is 3.19. The van der Waals surface area contributed by atoms with Gasteiger partial charge in [0.05, 0.1) is 0 Å². The van der Waals surface area contributed by atoms with Gasteiger partial charge in [0.2, 0.25) is 5.91 Å². The Kier molecular flexibility index (Phi) is 7.51. The Morgan fingerprint density at radius 1 is 1.10 bits per heavy atom. The van der Waals surface area contributed by atoms with E-state index in [1.807, 2.05) is 32.0 Å². The molecule has 0 spiro atoms. The second kappa shape index (κ2) is 9.16. The number of hydrogen-bond acceptors (Lipinski definition) is 2. The van der Waals surface area contributed by atoms with Gasteiger partial charge in [0.15, 0.2) is 0 Å². The molecule has 0 radical (unpaired) electrons. The number of nitrogens with one attached hydrogen (secondary N) is 2. The molecule has 0 saturated heterocycles. The number of unbranched alkanes of at least 4 members (excludes halogenated alkanes) is 2. The second-order valence-electron chi connectivity index (χ2n) is 5.56. The molecular weight excluding hydrogens is 264 g/mol. The lowest BCUT2D eigenvalue weighted by Crippen LogP contribution is -2.49. The van der Waals surface area contributed by atoms with Crippen LogP contribution in [0.3, 0.4) is 0 Å². The van der Waals surface area contributed by atoms with Crippen LogP contribution in [0.5, 0.6) is 0 Å². The first-order chi connectivity index (χ1) is 10.1. The van der Waals surface area contributed by atoms with Gasteiger partial charge in [-0.15, -0.1) is 0 Å². The summed E-state index contributed by atoms with van der Waals surface area (Å²) in [6, 6.07) is 8.46. The molecule has 0 aliphatic rings. The minimum absolute atomic E-state index is 0.0452. The predicted octanol–water partition coefficient (Wildman–Crippen LogP) is 2.75. The average Bonchev–Trinajstić information content (AvgIpc) is 2.49. The lowest BCUT2D eigenvalue weighted by Gasteiger charge is -2.21. The van der Waals surface area contributed by atoms with E-state index in [-0.39, 0.29) is 17.7 Å². The van der Waals surface area contributed by atoms with Crippen molar-refractivity contribution in [3.63, 3.8) is 0 Å². The fraction of sp³-hybridized carbons (Fsp3) is 0.529. The summed E-state index contributed by atoms with van der Waals surface area (Å²) >= 11 is 0. The first-order valence-corrected chi connectivity index (χ1v) is 7.69. The van der Waals surface area contributed by atoms with Gasteiger partial charge in [-0.3, -0.25) is 9.59 Å². The lowest BCUT2D eigenvalue weighted by atomic mass is 10.0. The van der Waals surface area contributed by atoms with Crippen molar-refractivity contribution < 1.29 is 9.59 Å². The molecule has 0 bridgehead atoms. The minimum atomic E-state index is -0.501. The number of hydrogen-bond donors (Lipinski definition) is 2. The van der Waals surface area contributed by atoms with Crippen LogP contribution in [-0.4, -0.2) is 24.4 Å². The number of amides is 2. The second-order valence-corrected chi connectivity index (χ2v) is 5.56. The first kappa shape index (κ1) is 17.2. The summed E-state index contributed by atoms with van der Waals surface area (Å²) in [5.41, 5.74) is 0.571. The van der Waals surface area contributed by atoms with Crippen LogP contribution in [0, 0.1) is 5.92 Å². The van der Waals surface area contributed by atoms with Crippen LogP contribution >= 0.6 is 0 Å². The van der Waals surface area contributed by atoms with Gasteiger partial charge in [0, 0.05) is 12.1 Å². The molecule has 116 valence electrons. The maximum atomic E-state index is 12.2. The highest BCUT2D eigenvalue weighted by molar-refractivity contribution is 5.97. The number of carbonyl (C=O) groups is 2. The third-order valence-corrected chi connectivity index (χ3v) is 3.35. The molecule has 4 nitrogen and oxygen atoms in total. The molecule has 1 rings (SSSR count). The lowest BCUT2D eigenvalue weighted by molar-refractivity contribution is -0.123. The van der Waals surface area contributed by atoms with E-state index in [9.17, 15) is 9.59 Å². The van der Waals surface area contributed by atoms with E-state index in [2.05, 4.69) is 17.6 Å². The average molecular weight is 290 g/mol. The largest absolute Gasteiger partial charge is 0.354 e. The highest BCUT2D eigenvalue weighted by Crippen LogP contribution is 2.05. The van der Waals surface area contributed by atoms with E-state index < -0.39 is 6.04 Å². The smallest absolute Gasteiger partial charge is 0.251 e. The van der Waals surface area contributed by atoms with Crippen molar-refractivity contribution in [3.8, 4) is 0 Å². The summed E-state index contributed by atoms with van der Waals surface area (Å²) in [6.45, 7) is 6.65. The molecule has 0 aromatic heterocycles. The maximum Gasteiger partial charge on any atom is 0.251 e. The molecule has 2 N–H and O–H groups in total. The molecule has 0 aliphatic heterocycles. The van der Waals surface area contributed by atoms with Gasteiger partial charge in [-0.2, -0.15) is 0 Å². The van der Waals surface area contributed by atoms with Crippen molar-refractivity contribution >= 4 is 11.8 Å². The SMILES string of the molecule is CCCCCNC(=O)C(NC(=O)c1ccccc1)C(C)C. The molecule has 0 saturated carbocycles. The highest BCUT2D eigenvalue weighted by Gasteiger charge is 2.24. The van der Waals surface area contributed by atoms with Crippen LogP contribution in [-0.2, 0) is 4.79 Å². The number of benzene rings is 1. The Morgan fingerprint density at radius 2 is 1.76 bits per heavy atom. The first-order valence-electron chi connectivity index (χ1n) is 7.69. The van der Waals surface area contributed by atoms with Crippen LogP contribution in [0.1, 0.15) is 50.4 Å². The van der Waals surface area contributed by atoms with Gasteiger partial charge in [-0.05, 0) is 24.5 Å². The van der Waals surface area contributed by atoms with Crippen molar-refractivity contribution in [3.05, 3.63) is 35.9 Å². The quantitative estimate of drug-likeness (QED) is 0.723. The summed E-state index contributed by atoms with van der Waals surface area (Å²) in [7, 11) is 0. The molecule has 2 amide bonds. The Hall–Kier alpha value is -1.84. The Labute approximate surface area is 127 Å². The van der Waals surface area contributed by atoms with Crippen LogP contribution < -0.4 is 10.6 Å². The molecule has 1 atom stereocenters. The molecule has 0 heterocycles. The molecule has 21 heavy (non-hydrogen) atoms. The molecule has 1 unspecified atom stereocenters. The van der Waals surface area contributed by atoms with E-state index in [1.54, 1.807) is 12.1 Å². The van der Waals surface area contributed by atoms with E-state index in [1.165, 1.54) is 0 Å². The molecule has 1 aromatic carbocycles. The van der Waals surface area contributed by atoms with Crippen molar-refractivity contribution in [2.75, 3.05) is 6.54 Å². The van der Waals surface area contributed by atoms with Gasteiger partial charge >= 0.3 is 0 Å². The minimum Gasteiger partial charge on any atom is -0.354 e. The van der Waals surface area contributed by atoms with Crippen LogP contribution in [0.4, 0.5) is 0 Å². The third kappa shape index (κ3) is 5.98. The van der Waals surface area contributed by atoms with Crippen LogP contribution in [0.2, 0.25) is 0 Å². The Morgan fingerprint density at radius 3 is 2.33 bits per heavy atom. The van der Waals surface area contributed by atoms with Gasteiger partial charge in [-0.25, -0.2) is 0 Å². The molecule has 1 aromatic rings. The summed E-state index contributed by atoms with van der Waals surface area (Å²) < 4.78 is 0. The van der Waals surface area contributed by atoms with Crippen molar-refractivity contribution in [1.29, 1.82) is 0 Å². The summed E-state index contributed by atoms with van der Waals surface area (Å²) in [5.74, 6) is -0.271. The summed E-state index contributed by atoms with van der Waals surface area (Å²) in [5, 5.41) is 5.72. The fourth-order valence-electron chi connectivity index (χ4n) is 2.05. The standard InChI is InChI=1S/C17H26N2O2/c1-4-5-9-12-18-17(21)15(13(2)3)19-16(20)14-10-7-6-8-11-14/h6-8,10-11,13,15H,4-5,9,12H2,1-3H3,(H,18,21)(H,19,20). The van der Waals surface area contributed by atoms with E-state index in [0.717, 1.165) is 19.3 Å². The maximum absolute atomic E-state index is 12.2. The monoisotopic (exact) mass is 290 g/mol. The van der Waals surface area contributed by atoms with Gasteiger partial charge in [0.1, 0.15) is 6.04 Å². The zero-order valence-corrected chi connectivity index (χ0v) is 13.2. The molecular formula is C17H26N2O2. The van der Waals surface area contributed by atoms with Crippen LogP contribution in [0.25, 0.3) is 0 Å². The zero-order chi connectivity index (χ0) is 15.7. The van der Waals surface area contributed by atoms with Crippen LogP contribution in [0.15, 0.2) is 30.3 Å². The van der Waals surface area contributed by atoms with Gasteiger partial charge in [0.25, 0.3) is 5.91 Å². The molecule has 4 heteroatoms. The number of carbonyl (C=O) groups excluding carboxylic acids is 2. The van der Waals surface area contributed by atoms with E-state index in [4.69, 9.17) is 0 Å². The Balaban J connectivity index is 2.57. The van der Waals surface area contributed by atoms with Gasteiger partial charge < -0.3 is 10.6 Å². The van der Waals surface area contributed by atoms with Crippen molar-refractivity contribution in [1.82, 2.24) is 10.6 Å². The predicted molar refractivity (Wildman–Crippen MR) is 85.1 cm³/mol. The van der Waals surface area contributed by atoms with E-state index >= 15 is 0 Å². The molecule has 0 fully saturated rings. The fourth-order valence-corrected chi connectivity index (χ4v) is 2.05. The van der Waals surface area contributed by atoms with Gasteiger partial charge in [-0.1, -0.05) is 51.8 Å². The normalized spacial score (nSPS) is 12.0. The highest BCUT2D eigenvalue weighted by atomic mass is 16.2.